The van der Waals surface area contributed by atoms with Crippen LogP contribution in [0.1, 0.15) is 58.4 Å². The summed E-state index contributed by atoms with van der Waals surface area (Å²) in [6, 6.07) is 4.36. The maximum atomic E-state index is 13.1. The Kier molecular flexibility index (Phi) is 4.29. The first-order valence-electron chi connectivity index (χ1n) is 10.3. The van der Waals surface area contributed by atoms with Crippen molar-refractivity contribution >= 4 is 23.6 Å². The third kappa shape index (κ3) is 3.16. The number of hydrogen-bond donors (Lipinski definition) is 3. The lowest BCUT2D eigenvalue weighted by Crippen LogP contribution is -2.54. The average Bonchev–Trinajstić information content (AvgIpc) is 3.39. The van der Waals surface area contributed by atoms with Gasteiger partial charge in [-0.2, -0.15) is 0 Å². The molecule has 152 valence electrons. The summed E-state index contributed by atoms with van der Waals surface area (Å²) in [5.74, 6) is -1.14. The van der Waals surface area contributed by atoms with Crippen molar-refractivity contribution in [3.63, 3.8) is 0 Å². The second kappa shape index (κ2) is 6.74. The van der Waals surface area contributed by atoms with E-state index in [4.69, 9.17) is 0 Å². The van der Waals surface area contributed by atoms with Gasteiger partial charge in [0.05, 0.1) is 11.1 Å². The minimum absolute atomic E-state index is 0.122. The summed E-state index contributed by atoms with van der Waals surface area (Å²) >= 11 is 0. The minimum atomic E-state index is -0.929. The number of benzene rings is 1. The van der Waals surface area contributed by atoms with E-state index >= 15 is 0 Å². The molecule has 8 nitrogen and oxygen atoms in total. The van der Waals surface area contributed by atoms with Gasteiger partial charge in [0, 0.05) is 18.5 Å². The molecule has 1 aromatic carbocycles. The number of fused-ring (bicyclic) bond motifs is 1. The van der Waals surface area contributed by atoms with Gasteiger partial charge in [0.15, 0.2) is 0 Å². The van der Waals surface area contributed by atoms with Crippen molar-refractivity contribution < 1.29 is 19.2 Å². The van der Waals surface area contributed by atoms with Gasteiger partial charge in [0.2, 0.25) is 11.8 Å². The first-order chi connectivity index (χ1) is 14.0. The maximum absolute atomic E-state index is 13.1. The Morgan fingerprint density at radius 3 is 2.55 bits per heavy atom. The van der Waals surface area contributed by atoms with Gasteiger partial charge in [-0.05, 0) is 56.3 Å². The van der Waals surface area contributed by atoms with Crippen molar-refractivity contribution in [1.82, 2.24) is 20.9 Å². The zero-order valence-electron chi connectivity index (χ0n) is 16.1. The SMILES string of the molecule is O=C1CCC(N2C(=O)c3cccc(CNC4(CC5CNC5)CC4)c3C2=O)C(=O)N1. The van der Waals surface area contributed by atoms with Crippen molar-refractivity contribution in [2.45, 2.75) is 50.2 Å². The highest BCUT2D eigenvalue weighted by molar-refractivity contribution is 6.24. The van der Waals surface area contributed by atoms with Gasteiger partial charge in [-0.1, -0.05) is 12.1 Å². The molecule has 4 aliphatic rings. The topological polar surface area (TPSA) is 108 Å². The molecule has 1 unspecified atom stereocenters. The lowest BCUT2D eigenvalue weighted by molar-refractivity contribution is -0.136. The lowest BCUT2D eigenvalue weighted by Gasteiger charge is -2.31. The normalized spacial score (nSPS) is 25.7. The van der Waals surface area contributed by atoms with Gasteiger partial charge in [-0.15, -0.1) is 0 Å². The van der Waals surface area contributed by atoms with Crippen LogP contribution in [0.15, 0.2) is 18.2 Å². The number of nitrogens with zero attached hydrogens (tertiary/aromatic N) is 1. The van der Waals surface area contributed by atoms with Gasteiger partial charge >= 0.3 is 0 Å². The molecule has 1 aliphatic carbocycles. The second-order valence-corrected chi connectivity index (χ2v) is 8.65. The summed E-state index contributed by atoms with van der Waals surface area (Å²) in [6.07, 6.45) is 3.69. The fourth-order valence-electron chi connectivity index (χ4n) is 4.66. The van der Waals surface area contributed by atoms with E-state index in [9.17, 15) is 19.2 Å². The number of carbonyl (C=O) groups excluding carboxylic acids is 4. The van der Waals surface area contributed by atoms with Gasteiger partial charge in [-0.25, -0.2) is 0 Å². The fourth-order valence-corrected chi connectivity index (χ4v) is 4.66. The lowest BCUT2D eigenvalue weighted by atomic mass is 9.92. The van der Waals surface area contributed by atoms with Crippen molar-refractivity contribution in [1.29, 1.82) is 0 Å². The van der Waals surface area contributed by atoms with Crippen LogP contribution in [-0.4, -0.2) is 53.2 Å². The number of imide groups is 2. The first-order valence-corrected chi connectivity index (χ1v) is 10.3. The molecular formula is C21H24N4O4. The average molecular weight is 396 g/mol. The van der Waals surface area contributed by atoms with E-state index < -0.39 is 23.8 Å². The Hall–Kier alpha value is -2.58. The minimum Gasteiger partial charge on any atom is -0.316 e. The Balaban J connectivity index is 1.35. The van der Waals surface area contributed by atoms with E-state index in [0.29, 0.717) is 23.6 Å². The number of amides is 4. The smallest absolute Gasteiger partial charge is 0.262 e. The number of carbonyl (C=O) groups is 4. The van der Waals surface area contributed by atoms with Crippen LogP contribution in [0, 0.1) is 5.92 Å². The predicted octanol–water partition coefficient (Wildman–Crippen LogP) is 0.320. The van der Waals surface area contributed by atoms with Gasteiger partial charge < -0.3 is 10.6 Å². The van der Waals surface area contributed by atoms with Crippen molar-refractivity contribution in [2.24, 2.45) is 5.92 Å². The molecule has 29 heavy (non-hydrogen) atoms. The van der Waals surface area contributed by atoms with Gasteiger partial charge in [0.25, 0.3) is 11.8 Å². The second-order valence-electron chi connectivity index (χ2n) is 8.65. The third-order valence-electron chi connectivity index (χ3n) is 6.61. The summed E-state index contributed by atoms with van der Waals surface area (Å²) in [5, 5.41) is 9.16. The molecule has 1 aromatic rings. The Labute approximate surface area is 168 Å². The summed E-state index contributed by atoms with van der Waals surface area (Å²) in [4.78, 5) is 50.7. The molecule has 0 bridgehead atoms. The van der Waals surface area contributed by atoms with E-state index in [0.717, 1.165) is 42.8 Å². The largest absolute Gasteiger partial charge is 0.316 e. The number of hydrogen-bond acceptors (Lipinski definition) is 6. The molecule has 3 N–H and O–H groups in total. The zero-order valence-corrected chi connectivity index (χ0v) is 16.1. The molecular weight excluding hydrogens is 372 g/mol. The number of rotatable bonds is 6. The molecule has 5 rings (SSSR count). The summed E-state index contributed by atoms with van der Waals surface area (Å²) in [6.45, 7) is 2.65. The van der Waals surface area contributed by atoms with Crippen LogP contribution >= 0.6 is 0 Å². The van der Waals surface area contributed by atoms with Gasteiger partial charge in [0.1, 0.15) is 6.04 Å². The van der Waals surface area contributed by atoms with Crippen molar-refractivity contribution in [3.8, 4) is 0 Å². The number of piperidine rings is 1. The van der Waals surface area contributed by atoms with Crippen LogP contribution in [0.3, 0.4) is 0 Å². The summed E-state index contributed by atoms with van der Waals surface area (Å²) < 4.78 is 0. The van der Waals surface area contributed by atoms with Gasteiger partial charge in [-0.3, -0.25) is 29.4 Å². The predicted molar refractivity (Wildman–Crippen MR) is 103 cm³/mol. The molecule has 3 fully saturated rings. The standard InChI is InChI=1S/C21H24N4O4/c26-16-5-4-15(18(27)24-16)25-19(28)14-3-1-2-13(17(14)20(25)29)11-23-21(6-7-21)8-12-9-22-10-12/h1-3,12,15,22-23H,4-11H2,(H,24,26,27). The molecule has 1 saturated carbocycles. The Bertz CT molecular complexity index is 919. The van der Waals surface area contributed by atoms with E-state index in [1.165, 1.54) is 0 Å². The molecule has 0 spiro atoms. The Morgan fingerprint density at radius 2 is 1.90 bits per heavy atom. The highest BCUT2D eigenvalue weighted by Crippen LogP contribution is 2.42. The van der Waals surface area contributed by atoms with E-state index in [2.05, 4.69) is 16.0 Å². The monoisotopic (exact) mass is 396 g/mol. The molecule has 8 heteroatoms. The molecule has 3 aliphatic heterocycles. The van der Waals surface area contributed by atoms with Crippen LogP contribution in [0.2, 0.25) is 0 Å². The molecule has 0 aromatic heterocycles. The molecule has 3 heterocycles. The third-order valence-corrected chi connectivity index (χ3v) is 6.61. The number of nitrogens with one attached hydrogen (secondary N) is 3. The quantitative estimate of drug-likeness (QED) is 0.598. The van der Waals surface area contributed by atoms with E-state index in [-0.39, 0.29) is 24.3 Å². The fraction of sp³-hybridized carbons (Fsp3) is 0.524. The van der Waals surface area contributed by atoms with E-state index in [1.807, 2.05) is 6.07 Å². The summed E-state index contributed by atoms with van der Waals surface area (Å²) in [7, 11) is 0. The maximum Gasteiger partial charge on any atom is 0.262 e. The van der Waals surface area contributed by atoms with Crippen LogP contribution in [0.5, 0.6) is 0 Å². The van der Waals surface area contributed by atoms with E-state index in [1.54, 1.807) is 12.1 Å². The van der Waals surface area contributed by atoms with Crippen molar-refractivity contribution in [3.05, 3.63) is 34.9 Å². The van der Waals surface area contributed by atoms with Crippen LogP contribution in [0.4, 0.5) is 0 Å². The highest BCUT2D eigenvalue weighted by atomic mass is 16.2. The molecule has 2 saturated heterocycles. The highest BCUT2D eigenvalue weighted by Gasteiger charge is 2.47. The molecule has 4 amide bonds. The van der Waals surface area contributed by atoms with Crippen molar-refractivity contribution in [2.75, 3.05) is 13.1 Å². The molecule has 1 atom stereocenters. The zero-order chi connectivity index (χ0) is 20.2. The van der Waals surface area contributed by atoms with Crippen LogP contribution < -0.4 is 16.0 Å². The first kappa shape index (κ1) is 18.4. The Morgan fingerprint density at radius 1 is 1.10 bits per heavy atom. The molecule has 0 radical (unpaired) electrons. The van der Waals surface area contributed by atoms with Crippen LogP contribution in [0.25, 0.3) is 0 Å². The van der Waals surface area contributed by atoms with Crippen LogP contribution in [-0.2, 0) is 16.1 Å². The summed E-state index contributed by atoms with van der Waals surface area (Å²) in [5.41, 5.74) is 1.65.